The van der Waals surface area contributed by atoms with Crippen molar-refractivity contribution in [3.05, 3.63) is 90.4 Å². The van der Waals surface area contributed by atoms with Crippen LogP contribution >= 0.6 is 0 Å². The quantitative estimate of drug-likeness (QED) is 0.455. The molecule has 2 heterocycles. The van der Waals surface area contributed by atoms with Crippen molar-refractivity contribution in [1.82, 2.24) is 14.5 Å². The molecule has 0 aliphatic rings. The molecule has 0 unspecified atom stereocenters. The number of nitrogens with zero attached hydrogens (tertiary/aromatic N) is 4. The highest BCUT2D eigenvalue weighted by atomic mass is 14.9. The smallest absolute Gasteiger partial charge is 0.0991 e. The largest absolute Gasteiger partial charge is 0.381 e. The van der Waals surface area contributed by atoms with E-state index in [2.05, 4.69) is 69.5 Å². The van der Waals surface area contributed by atoms with Gasteiger partial charge in [-0.1, -0.05) is 18.2 Å². The molecule has 1 N–H and O–H groups in total. The van der Waals surface area contributed by atoms with Crippen LogP contribution in [0.3, 0.4) is 0 Å². The summed E-state index contributed by atoms with van der Waals surface area (Å²) >= 11 is 0. The van der Waals surface area contributed by atoms with E-state index in [4.69, 9.17) is 5.26 Å². The molecule has 0 radical (unpaired) electrons. The minimum atomic E-state index is 0.623. The summed E-state index contributed by atoms with van der Waals surface area (Å²) < 4.78 is 2.12. The van der Waals surface area contributed by atoms with E-state index >= 15 is 0 Å². The molecule has 2 aromatic heterocycles. The van der Waals surface area contributed by atoms with Crippen LogP contribution in [0, 0.1) is 11.3 Å². The Hall–Kier alpha value is -4.17. The highest BCUT2D eigenvalue weighted by Gasteiger charge is 2.10. The van der Waals surface area contributed by atoms with Crippen molar-refractivity contribution in [3.63, 3.8) is 0 Å². The van der Waals surface area contributed by atoms with E-state index in [9.17, 15) is 0 Å². The van der Waals surface area contributed by atoms with Crippen LogP contribution in [0.15, 0.2) is 79.3 Å². The van der Waals surface area contributed by atoms with Crippen molar-refractivity contribution in [3.8, 4) is 17.2 Å². The SMILES string of the molecule is Cn1ccc2cc(-c3cc(NCc4cccc(C#N)c4)cc4nccnc34)ccc21. The van der Waals surface area contributed by atoms with Crippen LogP contribution in [0.5, 0.6) is 0 Å². The molecule has 144 valence electrons. The molecule has 30 heavy (non-hydrogen) atoms. The maximum absolute atomic E-state index is 9.12. The third-order valence-electron chi connectivity index (χ3n) is 5.32. The van der Waals surface area contributed by atoms with E-state index in [1.165, 1.54) is 10.9 Å². The van der Waals surface area contributed by atoms with Crippen LogP contribution in [0.4, 0.5) is 5.69 Å². The number of benzene rings is 3. The minimum Gasteiger partial charge on any atom is -0.381 e. The zero-order chi connectivity index (χ0) is 20.5. The van der Waals surface area contributed by atoms with Gasteiger partial charge in [0.1, 0.15) is 0 Å². The first-order valence-electron chi connectivity index (χ1n) is 9.74. The summed E-state index contributed by atoms with van der Waals surface area (Å²) in [6.07, 6.45) is 5.51. The molecular formula is C25H19N5. The van der Waals surface area contributed by atoms with Gasteiger partial charge < -0.3 is 9.88 Å². The lowest BCUT2D eigenvalue weighted by molar-refractivity contribution is 0.969. The van der Waals surface area contributed by atoms with Gasteiger partial charge in [0.2, 0.25) is 0 Å². The first kappa shape index (κ1) is 17.9. The summed E-state index contributed by atoms with van der Waals surface area (Å²) in [6, 6.07) is 22.5. The van der Waals surface area contributed by atoms with Crippen molar-refractivity contribution >= 4 is 27.6 Å². The third-order valence-corrected chi connectivity index (χ3v) is 5.32. The van der Waals surface area contributed by atoms with Crippen molar-refractivity contribution in [2.24, 2.45) is 7.05 Å². The first-order valence-corrected chi connectivity index (χ1v) is 9.74. The van der Waals surface area contributed by atoms with Crippen LogP contribution in [-0.4, -0.2) is 14.5 Å². The number of rotatable bonds is 4. The summed E-state index contributed by atoms with van der Waals surface area (Å²) in [6.45, 7) is 0.623. The molecule has 5 aromatic rings. The van der Waals surface area contributed by atoms with Crippen molar-refractivity contribution < 1.29 is 0 Å². The second-order valence-electron chi connectivity index (χ2n) is 7.31. The zero-order valence-electron chi connectivity index (χ0n) is 16.5. The fourth-order valence-electron chi connectivity index (χ4n) is 3.80. The monoisotopic (exact) mass is 389 g/mol. The maximum Gasteiger partial charge on any atom is 0.0991 e. The van der Waals surface area contributed by atoms with Gasteiger partial charge in [0.15, 0.2) is 0 Å². The lowest BCUT2D eigenvalue weighted by Crippen LogP contribution is -2.01. The summed E-state index contributed by atoms with van der Waals surface area (Å²) in [4.78, 5) is 9.12. The Morgan fingerprint density at radius 3 is 2.80 bits per heavy atom. The third kappa shape index (κ3) is 3.25. The molecule has 5 heteroatoms. The van der Waals surface area contributed by atoms with Crippen LogP contribution in [0.2, 0.25) is 0 Å². The number of nitrogens with one attached hydrogen (secondary N) is 1. The fraction of sp³-hybridized carbons (Fsp3) is 0.0800. The van der Waals surface area contributed by atoms with Crippen LogP contribution in [0.1, 0.15) is 11.1 Å². The number of aromatic nitrogens is 3. The molecule has 5 rings (SSSR count). The molecule has 0 aliphatic carbocycles. The number of anilines is 1. The average molecular weight is 389 g/mol. The maximum atomic E-state index is 9.12. The van der Waals surface area contributed by atoms with E-state index in [1.54, 1.807) is 12.4 Å². The molecular weight excluding hydrogens is 370 g/mol. The molecule has 0 atom stereocenters. The fourth-order valence-corrected chi connectivity index (χ4v) is 3.80. The standard InChI is InChI=1S/C25H19N5/c1-30-10-7-20-12-19(5-6-24(20)30)22-13-21(14-23-25(22)28-9-8-27-23)29-16-18-4-2-3-17(11-18)15-26/h2-14,29H,16H2,1H3. The number of aryl methyl sites for hydroxylation is 1. The lowest BCUT2D eigenvalue weighted by atomic mass is 10.0. The highest BCUT2D eigenvalue weighted by molar-refractivity contribution is 5.97. The Kier molecular flexibility index (Phi) is 4.38. The predicted octanol–water partition coefficient (Wildman–Crippen LogP) is 5.27. The van der Waals surface area contributed by atoms with Gasteiger partial charge in [-0.15, -0.1) is 0 Å². The Balaban J connectivity index is 1.56. The van der Waals surface area contributed by atoms with Gasteiger partial charge in [-0.05, 0) is 53.6 Å². The second kappa shape index (κ2) is 7.34. The number of fused-ring (bicyclic) bond motifs is 2. The van der Waals surface area contributed by atoms with Gasteiger partial charge in [0.25, 0.3) is 0 Å². The van der Waals surface area contributed by atoms with E-state index in [-0.39, 0.29) is 0 Å². The lowest BCUT2D eigenvalue weighted by Gasteiger charge is -2.12. The Morgan fingerprint density at radius 1 is 1.00 bits per heavy atom. The molecule has 0 saturated carbocycles. The van der Waals surface area contributed by atoms with Crippen LogP contribution in [0.25, 0.3) is 33.1 Å². The van der Waals surface area contributed by atoms with E-state index in [1.807, 2.05) is 30.3 Å². The van der Waals surface area contributed by atoms with Gasteiger partial charge in [-0.2, -0.15) is 5.26 Å². The van der Waals surface area contributed by atoms with E-state index < -0.39 is 0 Å². The molecule has 0 bridgehead atoms. The normalized spacial score (nSPS) is 10.9. The van der Waals surface area contributed by atoms with Gasteiger partial charge in [0, 0.05) is 54.3 Å². The summed E-state index contributed by atoms with van der Waals surface area (Å²) in [5.41, 5.74) is 7.75. The van der Waals surface area contributed by atoms with Gasteiger partial charge in [0.05, 0.1) is 22.7 Å². The van der Waals surface area contributed by atoms with Gasteiger partial charge in [-0.3, -0.25) is 9.97 Å². The number of hydrogen-bond acceptors (Lipinski definition) is 4. The molecule has 0 amide bonds. The molecule has 0 spiro atoms. The van der Waals surface area contributed by atoms with Crippen LogP contribution < -0.4 is 5.32 Å². The zero-order valence-corrected chi connectivity index (χ0v) is 16.5. The first-order chi connectivity index (χ1) is 14.7. The van der Waals surface area contributed by atoms with Crippen molar-refractivity contribution in [2.45, 2.75) is 6.54 Å². The molecule has 3 aromatic carbocycles. The number of nitriles is 1. The second-order valence-corrected chi connectivity index (χ2v) is 7.31. The minimum absolute atomic E-state index is 0.623. The van der Waals surface area contributed by atoms with Crippen LogP contribution in [-0.2, 0) is 13.6 Å². The van der Waals surface area contributed by atoms with Crippen molar-refractivity contribution in [2.75, 3.05) is 5.32 Å². The molecule has 5 nitrogen and oxygen atoms in total. The Labute approximate surface area is 174 Å². The highest BCUT2D eigenvalue weighted by Crippen LogP contribution is 2.32. The number of hydrogen-bond donors (Lipinski definition) is 1. The Morgan fingerprint density at radius 2 is 1.90 bits per heavy atom. The molecule has 0 saturated heterocycles. The predicted molar refractivity (Wildman–Crippen MR) is 120 cm³/mol. The average Bonchev–Trinajstić information content (AvgIpc) is 3.17. The topological polar surface area (TPSA) is 66.5 Å². The van der Waals surface area contributed by atoms with Gasteiger partial charge in [-0.25, -0.2) is 0 Å². The summed E-state index contributed by atoms with van der Waals surface area (Å²) in [5, 5.41) is 13.8. The molecule has 0 aliphatic heterocycles. The van der Waals surface area contributed by atoms with E-state index in [0.717, 1.165) is 33.4 Å². The van der Waals surface area contributed by atoms with E-state index in [0.29, 0.717) is 12.1 Å². The van der Waals surface area contributed by atoms with Crippen molar-refractivity contribution in [1.29, 1.82) is 5.26 Å². The molecule has 0 fully saturated rings. The van der Waals surface area contributed by atoms with Gasteiger partial charge >= 0.3 is 0 Å². The summed E-state index contributed by atoms with van der Waals surface area (Å²) in [5.74, 6) is 0. The summed E-state index contributed by atoms with van der Waals surface area (Å²) in [7, 11) is 2.05. The Bertz CT molecular complexity index is 1420.